The minimum absolute atomic E-state index is 0.552. The van der Waals surface area contributed by atoms with Gasteiger partial charge in [0.05, 0.1) is 5.69 Å². The standard InChI is InChI=1S/C21H21BrN2/c22-20-13-19(14-23)11-12-21(20)24(15-17-7-3-1-4-8-17)16-18-9-5-2-6-10-18/h1-13H,14-16,23H2. The number of nitrogens with two attached hydrogens (primary N) is 1. The van der Waals surface area contributed by atoms with E-state index in [4.69, 9.17) is 5.73 Å². The van der Waals surface area contributed by atoms with Crippen LogP contribution >= 0.6 is 15.9 Å². The molecule has 2 N–H and O–H groups in total. The van der Waals surface area contributed by atoms with Crippen LogP contribution in [0.3, 0.4) is 0 Å². The first kappa shape index (κ1) is 16.7. The molecule has 3 rings (SSSR count). The van der Waals surface area contributed by atoms with Gasteiger partial charge in [-0.15, -0.1) is 0 Å². The molecule has 0 spiro atoms. The Bertz CT molecular complexity index is 731. The summed E-state index contributed by atoms with van der Waals surface area (Å²) in [6, 6.07) is 27.5. The van der Waals surface area contributed by atoms with Gasteiger partial charge in [0.1, 0.15) is 0 Å². The molecule has 0 aliphatic rings. The molecule has 3 heteroatoms. The Morgan fingerprint density at radius 1 is 0.708 bits per heavy atom. The van der Waals surface area contributed by atoms with Crippen LogP contribution in [0.15, 0.2) is 83.3 Å². The Kier molecular flexibility index (Phi) is 5.68. The van der Waals surface area contributed by atoms with Gasteiger partial charge < -0.3 is 10.6 Å². The lowest BCUT2D eigenvalue weighted by molar-refractivity contribution is 0.797. The fourth-order valence-electron chi connectivity index (χ4n) is 2.77. The van der Waals surface area contributed by atoms with Crippen molar-refractivity contribution in [3.05, 3.63) is 100 Å². The minimum Gasteiger partial charge on any atom is -0.362 e. The van der Waals surface area contributed by atoms with Crippen molar-refractivity contribution in [1.82, 2.24) is 0 Å². The monoisotopic (exact) mass is 380 g/mol. The molecular formula is C21H21BrN2. The van der Waals surface area contributed by atoms with E-state index in [-0.39, 0.29) is 0 Å². The summed E-state index contributed by atoms with van der Waals surface area (Å²) in [5.74, 6) is 0. The number of hydrogen-bond donors (Lipinski definition) is 1. The molecule has 0 aromatic heterocycles. The second kappa shape index (κ2) is 8.13. The minimum atomic E-state index is 0.552. The van der Waals surface area contributed by atoms with Gasteiger partial charge >= 0.3 is 0 Å². The fraction of sp³-hybridized carbons (Fsp3) is 0.143. The SMILES string of the molecule is NCc1ccc(N(Cc2ccccc2)Cc2ccccc2)c(Br)c1. The molecule has 0 aliphatic carbocycles. The molecule has 0 fully saturated rings. The molecule has 122 valence electrons. The lowest BCUT2D eigenvalue weighted by Gasteiger charge is -2.27. The number of nitrogens with zero attached hydrogens (tertiary/aromatic N) is 1. The molecule has 0 unspecified atom stereocenters. The maximum Gasteiger partial charge on any atom is 0.0516 e. The van der Waals surface area contributed by atoms with Crippen LogP contribution in [0.4, 0.5) is 5.69 Å². The van der Waals surface area contributed by atoms with Gasteiger partial charge in [0.2, 0.25) is 0 Å². The molecule has 0 heterocycles. The first-order valence-corrected chi connectivity index (χ1v) is 8.87. The third kappa shape index (κ3) is 4.25. The van der Waals surface area contributed by atoms with Crippen LogP contribution in [0.25, 0.3) is 0 Å². The molecule has 0 amide bonds. The van der Waals surface area contributed by atoms with E-state index >= 15 is 0 Å². The summed E-state index contributed by atoms with van der Waals surface area (Å²) in [6.07, 6.45) is 0. The van der Waals surface area contributed by atoms with Gasteiger partial charge in [-0.3, -0.25) is 0 Å². The van der Waals surface area contributed by atoms with E-state index in [1.807, 2.05) is 0 Å². The quantitative estimate of drug-likeness (QED) is 0.643. The average Bonchev–Trinajstić information content (AvgIpc) is 2.63. The highest BCUT2D eigenvalue weighted by Crippen LogP contribution is 2.30. The second-order valence-corrected chi connectivity index (χ2v) is 6.67. The Hall–Kier alpha value is -2.10. The van der Waals surface area contributed by atoms with Crippen LogP contribution in [0.1, 0.15) is 16.7 Å². The van der Waals surface area contributed by atoms with Crippen molar-refractivity contribution in [2.75, 3.05) is 4.90 Å². The van der Waals surface area contributed by atoms with Crippen molar-refractivity contribution in [3.63, 3.8) is 0 Å². The van der Waals surface area contributed by atoms with E-state index in [0.29, 0.717) is 6.54 Å². The summed E-state index contributed by atoms with van der Waals surface area (Å²) >= 11 is 3.72. The Morgan fingerprint density at radius 2 is 1.25 bits per heavy atom. The predicted molar refractivity (Wildman–Crippen MR) is 105 cm³/mol. The van der Waals surface area contributed by atoms with Crippen molar-refractivity contribution in [1.29, 1.82) is 0 Å². The molecule has 2 nitrogen and oxygen atoms in total. The number of rotatable bonds is 6. The Balaban J connectivity index is 1.92. The van der Waals surface area contributed by atoms with Gasteiger partial charge in [0.15, 0.2) is 0 Å². The molecule has 0 saturated carbocycles. The van der Waals surface area contributed by atoms with E-state index in [9.17, 15) is 0 Å². The molecule has 0 radical (unpaired) electrons. The molecule has 0 saturated heterocycles. The van der Waals surface area contributed by atoms with Gasteiger partial charge in [-0.2, -0.15) is 0 Å². The van der Waals surface area contributed by atoms with Crippen LogP contribution < -0.4 is 10.6 Å². The third-order valence-electron chi connectivity index (χ3n) is 4.02. The summed E-state index contributed by atoms with van der Waals surface area (Å²) in [4.78, 5) is 2.38. The number of anilines is 1. The molecule has 0 bridgehead atoms. The van der Waals surface area contributed by atoms with Gasteiger partial charge in [0, 0.05) is 24.1 Å². The highest BCUT2D eigenvalue weighted by Gasteiger charge is 2.12. The van der Waals surface area contributed by atoms with Crippen molar-refractivity contribution in [2.45, 2.75) is 19.6 Å². The number of benzene rings is 3. The second-order valence-electron chi connectivity index (χ2n) is 5.82. The molecule has 0 atom stereocenters. The van der Waals surface area contributed by atoms with Crippen molar-refractivity contribution in [3.8, 4) is 0 Å². The number of halogens is 1. The largest absolute Gasteiger partial charge is 0.362 e. The van der Waals surface area contributed by atoms with E-state index in [2.05, 4.69) is 99.7 Å². The molecule has 3 aromatic carbocycles. The van der Waals surface area contributed by atoms with Crippen LogP contribution in [0.5, 0.6) is 0 Å². The maximum absolute atomic E-state index is 5.76. The zero-order valence-corrected chi connectivity index (χ0v) is 15.1. The van der Waals surface area contributed by atoms with Crippen LogP contribution in [0.2, 0.25) is 0 Å². The summed E-state index contributed by atoms with van der Waals surface area (Å²) < 4.78 is 1.08. The molecular weight excluding hydrogens is 360 g/mol. The van der Waals surface area contributed by atoms with Gasteiger partial charge in [0.25, 0.3) is 0 Å². The van der Waals surface area contributed by atoms with Crippen LogP contribution in [-0.2, 0) is 19.6 Å². The smallest absolute Gasteiger partial charge is 0.0516 e. The molecule has 3 aromatic rings. The first-order valence-electron chi connectivity index (χ1n) is 8.07. The summed E-state index contributed by atoms with van der Waals surface area (Å²) in [5.41, 5.74) is 10.7. The summed E-state index contributed by atoms with van der Waals surface area (Å²) in [5, 5.41) is 0. The highest BCUT2D eigenvalue weighted by molar-refractivity contribution is 9.10. The third-order valence-corrected chi connectivity index (χ3v) is 4.66. The summed E-state index contributed by atoms with van der Waals surface area (Å²) in [7, 11) is 0. The predicted octanol–water partition coefficient (Wildman–Crippen LogP) is 5.11. The van der Waals surface area contributed by atoms with Gasteiger partial charge in [-0.1, -0.05) is 66.7 Å². The van der Waals surface area contributed by atoms with Gasteiger partial charge in [-0.05, 0) is 44.8 Å². The first-order chi connectivity index (χ1) is 11.8. The fourth-order valence-corrected chi connectivity index (χ4v) is 3.44. The van der Waals surface area contributed by atoms with Crippen molar-refractivity contribution >= 4 is 21.6 Å². The van der Waals surface area contributed by atoms with Crippen molar-refractivity contribution in [2.24, 2.45) is 5.73 Å². The Morgan fingerprint density at radius 3 is 1.71 bits per heavy atom. The normalized spacial score (nSPS) is 10.6. The van der Waals surface area contributed by atoms with E-state index in [1.165, 1.54) is 16.8 Å². The van der Waals surface area contributed by atoms with E-state index < -0.39 is 0 Å². The zero-order valence-electron chi connectivity index (χ0n) is 13.5. The maximum atomic E-state index is 5.76. The zero-order chi connectivity index (χ0) is 16.8. The highest BCUT2D eigenvalue weighted by atomic mass is 79.9. The molecule has 24 heavy (non-hydrogen) atoms. The van der Waals surface area contributed by atoms with E-state index in [0.717, 1.165) is 23.1 Å². The summed E-state index contributed by atoms with van der Waals surface area (Å²) in [6.45, 7) is 2.27. The lowest BCUT2D eigenvalue weighted by atomic mass is 10.1. The average molecular weight is 381 g/mol. The van der Waals surface area contributed by atoms with Gasteiger partial charge in [-0.25, -0.2) is 0 Å². The van der Waals surface area contributed by atoms with Crippen LogP contribution in [-0.4, -0.2) is 0 Å². The Labute approximate surface area is 152 Å². The van der Waals surface area contributed by atoms with Crippen molar-refractivity contribution < 1.29 is 0 Å². The van der Waals surface area contributed by atoms with Crippen LogP contribution in [0, 0.1) is 0 Å². The number of hydrogen-bond acceptors (Lipinski definition) is 2. The topological polar surface area (TPSA) is 29.3 Å². The lowest BCUT2D eigenvalue weighted by Crippen LogP contribution is -2.22. The molecule has 0 aliphatic heterocycles. The van der Waals surface area contributed by atoms with E-state index in [1.54, 1.807) is 0 Å².